The molecule has 0 radical (unpaired) electrons. The van der Waals surface area contributed by atoms with Crippen molar-refractivity contribution in [1.82, 2.24) is 0 Å². The Balaban J connectivity index is 2.37. The Morgan fingerprint density at radius 1 is 1.22 bits per heavy atom. The Morgan fingerprint density at radius 3 is 2.57 bits per heavy atom. The van der Waals surface area contributed by atoms with Crippen LogP contribution in [0, 0.1) is 6.92 Å². The van der Waals surface area contributed by atoms with Gasteiger partial charge < -0.3 is 10.1 Å². The van der Waals surface area contributed by atoms with Gasteiger partial charge in [-0.05, 0) is 48.4 Å². The van der Waals surface area contributed by atoms with E-state index in [0.717, 1.165) is 21.7 Å². The number of hydrogen-bond donors (Lipinski definition) is 1. The van der Waals surface area contributed by atoms with Crippen molar-refractivity contribution >= 4 is 23.4 Å². The van der Waals surface area contributed by atoms with Crippen LogP contribution in [-0.2, 0) is 0 Å². The summed E-state index contributed by atoms with van der Waals surface area (Å²) in [5.41, 5.74) is 3.63. The summed E-state index contributed by atoms with van der Waals surface area (Å²) in [5.74, 6) is 0.783. The third-order valence-electron chi connectivity index (χ3n) is 3.82. The predicted molar refractivity (Wildman–Crippen MR) is 98.0 cm³/mol. The number of carbonyl (C=O) groups excluding carboxylic acids is 1. The average molecular weight is 329 g/mol. The van der Waals surface area contributed by atoms with Gasteiger partial charge in [0.2, 0.25) is 0 Å². The number of rotatable bonds is 5. The fourth-order valence-corrected chi connectivity index (χ4v) is 2.94. The largest absolute Gasteiger partial charge is 0.496 e. The average Bonchev–Trinajstić information content (AvgIpc) is 2.55. The van der Waals surface area contributed by atoms with E-state index in [1.165, 1.54) is 0 Å². The number of anilines is 1. The van der Waals surface area contributed by atoms with Crippen molar-refractivity contribution in [2.45, 2.75) is 31.6 Å². The number of methoxy groups -OCH3 is 1. The van der Waals surface area contributed by atoms with Gasteiger partial charge in [0.05, 0.1) is 12.7 Å². The van der Waals surface area contributed by atoms with E-state index in [2.05, 4.69) is 25.2 Å². The molecule has 0 aliphatic carbocycles. The highest BCUT2D eigenvalue weighted by molar-refractivity contribution is 7.98. The number of nitrogens with one attached hydrogen (secondary N) is 1. The molecule has 0 aliphatic heterocycles. The van der Waals surface area contributed by atoms with E-state index in [0.29, 0.717) is 17.2 Å². The Labute approximate surface area is 142 Å². The van der Waals surface area contributed by atoms with Gasteiger partial charge in [0, 0.05) is 10.6 Å². The number of benzene rings is 2. The number of aryl methyl sites for hydroxylation is 1. The molecule has 1 N–H and O–H groups in total. The SMILES string of the molecule is COc1cc(SC)ccc1C(=O)Nc1c(C)cccc1C(C)C. The van der Waals surface area contributed by atoms with Gasteiger partial charge in [-0.1, -0.05) is 32.0 Å². The third kappa shape index (κ3) is 3.88. The lowest BCUT2D eigenvalue weighted by Gasteiger charge is -2.17. The summed E-state index contributed by atoms with van der Waals surface area (Å²) in [6, 6.07) is 11.7. The highest BCUT2D eigenvalue weighted by Crippen LogP contribution is 2.30. The Bertz CT molecular complexity index is 711. The lowest BCUT2D eigenvalue weighted by atomic mass is 9.98. The van der Waals surface area contributed by atoms with Gasteiger partial charge in [0.25, 0.3) is 5.91 Å². The number of carbonyl (C=O) groups is 1. The van der Waals surface area contributed by atoms with Crippen molar-refractivity contribution in [2.75, 3.05) is 18.7 Å². The molecule has 0 spiro atoms. The molecule has 2 aromatic carbocycles. The van der Waals surface area contributed by atoms with Gasteiger partial charge in [0.15, 0.2) is 0 Å². The van der Waals surface area contributed by atoms with Crippen LogP contribution >= 0.6 is 11.8 Å². The van der Waals surface area contributed by atoms with Crippen LogP contribution < -0.4 is 10.1 Å². The number of ether oxygens (including phenoxy) is 1. The zero-order valence-corrected chi connectivity index (χ0v) is 15.1. The van der Waals surface area contributed by atoms with Crippen molar-refractivity contribution in [3.8, 4) is 5.75 Å². The fourth-order valence-electron chi connectivity index (χ4n) is 2.51. The van der Waals surface area contributed by atoms with Gasteiger partial charge in [-0.2, -0.15) is 0 Å². The zero-order valence-electron chi connectivity index (χ0n) is 14.3. The molecule has 4 heteroatoms. The molecule has 0 aromatic heterocycles. The van der Waals surface area contributed by atoms with Gasteiger partial charge in [-0.15, -0.1) is 11.8 Å². The van der Waals surface area contributed by atoms with E-state index in [4.69, 9.17) is 4.74 Å². The van der Waals surface area contributed by atoms with Gasteiger partial charge >= 0.3 is 0 Å². The molecule has 23 heavy (non-hydrogen) atoms. The van der Waals surface area contributed by atoms with Gasteiger partial charge in [-0.3, -0.25) is 4.79 Å². The summed E-state index contributed by atoms with van der Waals surface area (Å²) in [5, 5.41) is 3.06. The van der Waals surface area contributed by atoms with Crippen LogP contribution in [0.4, 0.5) is 5.69 Å². The molecular formula is C19H23NO2S. The molecule has 1 amide bonds. The highest BCUT2D eigenvalue weighted by Gasteiger charge is 2.16. The molecule has 122 valence electrons. The van der Waals surface area contributed by atoms with Crippen LogP contribution in [-0.4, -0.2) is 19.3 Å². The molecule has 0 unspecified atom stereocenters. The van der Waals surface area contributed by atoms with Crippen LogP contribution in [0.3, 0.4) is 0 Å². The standard InChI is InChI=1S/C19H23NO2S/c1-12(2)15-8-6-7-13(3)18(15)20-19(21)16-10-9-14(23-5)11-17(16)22-4/h6-12H,1-5H3,(H,20,21). The van der Waals surface area contributed by atoms with E-state index in [1.807, 2.05) is 43.5 Å². The Hall–Kier alpha value is -1.94. The molecule has 2 aromatic rings. The normalized spacial score (nSPS) is 10.7. The summed E-state index contributed by atoms with van der Waals surface area (Å²) in [6.45, 7) is 6.26. The number of hydrogen-bond acceptors (Lipinski definition) is 3. The van der Waals surface area contributed by atoms with Crippen LogP contribution in [0.1, 0.15) is 41.3 Å². The molecule has 3 nitrogen and oxygen atoms in total. The summed E-state index contributed by atoms with van der Waals surface area (Å²) < 4.78 is 5.38. The smallest absolute Gasteiger partial charge is 0.259 e. The summed E-state index contributed by atoms with van der Waals surface area (Å²) in [7, 11) is 1.59. The number of para-hydroxylation sites is 1. The van der Waals surface area contributed by atoms with E-state index < -0.39 is 0 Å². The lowest BCUT2D eigenvalue weighted by Crippen LogP contribution is -2.15. The second kappa shape index (κ2) is 7.55. The molecule has 0 saturated carbocycles. The number of thioether (sulfide) groups is 1. The molecule has 0 bridgehead atoms. The van der Waals surface area contributed by atoms with E-state index in [-0.39, 0.29) is 5.91 Å². The Morgan fingerprint density at radius 2 is 1.96 bits per heavy atom. The van der Waals surface area contributed by atoms with Crippen LogP contribution in [0.2, 0.25) is 0 Å². The van der Waals surface area contributed by atoms with Crippen LogP contribution in [0.15, 0.2) is 41.3 Å². The first kappa shape index (κ1) is 17.4. The maximum atomic E-state index is 12.7. The molecule has 0 atom stereocenters. The van der Waals surface area contributed by atoms with Crippen LogP contribution in [0.5, 0.6) is 5.75 Å². The molecular weight excluding hydrogens is 306 g/mol. The fraction of sp³-hybridized carbons (Fsp3) is 0.316. The topological polar surface area (TPSA) is 38.3 Å². The highest BCUT2D eigenvalue weighted by atomic mass is 32.2. The predicted octanol–water partition coefficient (Wildman–Crippen LogP) is 5.10. The van der Waals surface area contributed by atoms with Crippen molar-refractivity contribution in [3.05, 3.63) is 53.1 Å². The first-order valence-electron chi connectivity index (χ1n) is 7.60. The van der Waals surface area contributed by atoms with Crippen molar-refractivity contribution in [1.29, 1.82) is 0 Å². The molecule has 0 heterocycles. The quantitative estimate of drug-likeness (QED) is 0.775. The van der Waals surface area contributed by atoms with E-state index >= 15 is 0 Å². The summed E-state index contributed by atoms with van der Waals surface area (Å²) >= 11 is 1.62. The Kier molecular flexibility index (Phi) is 5.72. The van der Waals surface area contributed by atoms with Crippen molar-refractivity contribution in [2.24, 2.45) is 0 Å². The van der Waals surface area contributed by atoms with Gasteiger partial charge in [0.1, 0.15) is 5.75 Å². The van der Waals surface area contributed by atoms with E-state index in [1.54, 1.807) is 18.9 Å². The second-order valence-corrected chi connectivity index (χ2v) is 6.59. The number of amides is 1. The zero-order chi connectivity index (χ0) is 17.0. The second-order valence-electron chi connectivity index (χ2n) is 5.71. The minimum atomic E-state index is -0.147. The maximum absolute atomic E-state index is 12.7. The first-order valence-corrected chi connectivity index (χ1v) is 8.83. The molecule has 0 aliphatic rings. The summed E-state index contributed by atoms with van der Waals surface area (Å²) in [6.07, 6.45) is 2.00. The minimum absolute atomic E-state index is 0.147. The first-order chi connectivity index (χ1) is 11.0. The maximum Gasteiger partial charge on any atom is 0.259 e. The van der Waals surface area contributed by atoms with Gasteiger partial charge in [-0.25, -0.2) is 0 Å². The molecule has 2 rings (SSSR count). The minimum Gasteiger partial charge on any atom is -0.496 e. The van der Waals surface area contributed by atoms with E-state index in [9.17, 15) is 4.79 Å². The molecule has 0 fully saturated rings. The van der Waals surface area contributed by atoms with Crippen LogP contribution in [0.25, 0.3) is 0 Å². The van der Waals surface area contributed by atoms with Crippen molar-refractivity contribution in [3.63, 3.8) is 0 Å². The summed E-state index contributed by atoms with van der Waals surface area (Å²) in [4.78, 5) is 13.8. The lowest BCUT2D eigenvalue weighted by molar-refractivity contribution is 0.102. The third-order valence-corrected chi connectivity index (χ3v) is 4.54. The molecule has 0 saturated heterocycles. The monoisotopic (exact) mass is 329 g/mol. The van der Waals surface area contributed by atoms with Crippen molar-refractivity contribution < 1.29 is 9.53 Å².